The Kier molecular flexibility index (Phi) is 2.77. The zero-order valence-corrected chi connectivity index (χ0v) is 8.49. The van der Waals surface area contributed by atoms with Crippen LogP contribution in [0.1, 0.15) is 12.8 Å². The molecule has 2 rings (SSSR count). The van der Waals surface area contributed by atoms with Gasteiger partial charge >= 0.3 is 0 Å². The van der Waals surface area contributed by atoms with Gasteiger partial charge in [0.05, 0.1) is 18.0 Å². The van der Waals surface area contributed by atoms with E-state index in [9.17, 15) is 4.39 Å². The fourth-order valence-corrected chi connectivity index (χ4v) is 1.78. The van der Waals surface area contributed by atoms with E-state index in [1.807, 2.05) is 0 Å². The lowest BCUT2D eigenvalue weighted by atomic mass is 10.2. The van der Waals surface area contributed by atoms with Crippen molar-refractivity contribution in [1.29, 1.82) is 0 Å². The first-order valence-corrected chi connectivity index (χ1v) is 5.15. The first-order chi connectivity index (χ1) is 7.22. The number of anilines is 2. The SMILES string of the molecule is Nc1cc(F)ccc1N(CCO)C1CC1. The molecule has 0 spiro atoms. The Balaban J connectivity index is 2.24. The average Bonchev–Trinajstić information content (AvgIpc) is 2.98. The van der Waals surface area contributed by atoms with Gasteiger partial charge in [0.25, 0.3) is 0 Å². The highest BCUT2D eigenvalue weighted by atomic mass is 19.1. The molecule has 1 aromatic carbocycles. The maximum Gasteiger partial charge on any atom is 0.125 e. The van der Waals surface area contributed by atoms with E-state index in [1.165, 1.54) is 12.1 Å². The van der Waals surface area contributed by atoms with Crippen LogP contribution < -0.4 is 10.6 Å². The van der Waals surface area contributed by atoms with Crippen LogP contribution >= 0.6 is 0 Å². The molecular formula is C11H15FN2O. The highest BCUT2D eigenvalue weighted by Crippen LogP contribution is 2.34. The summed E-state index contributed by atoms with van der Waals surface area (Å²) in [5.74, 6) is -0.323. The summed E-state index contributed by atoms with van der Waals surface area (Å²) < 4.78 is 12.9. The van der Waals surface area contributed by atoms with Gasteiger partial charge in [-0.25, -0.2) is 4.39 Å². The lowest BCUT2D eigenvalue weighted by Crippen LogP contribution is -2.29. The third kappa shape index (κ3) is 2.21. The van der Waals surface area contributed by atoms with Crippen LogP contribution in [-0.2, 0) is 0 Å². The van der Waals surface area contributed by atoms with Crippen molar-refractivity contribution in [2.45, 2.75) is 18.9 Å². The molecular weight excluding hydrogens is 195 g/mol. The van der Waals surface area contributed by atoms with Gasteiger partial charge < -0.3 is 15.7 Å². The molecule has 0 saturated heterocycles. The minimum Gasteiger partial charge on any atom is -0.397 e. The number of halogens is 1. The molecule has 0 bridgehead atoms. The molecule has 0 unspecified atom stereocenters. The minimum absolute atomic E-state index is 0.0906. The summed E-state index contributed by atoms with van der Waals surface area (Å²) in [6, 6.07) is 4.86. The normalized spacial score (nSPS) is 15.3. The molecule has 3 nitrogen and oxygen atoms in total. The zero-order chi connectivity index (χ0) is 10.8. The molecule has 1 fully saturated rings. The summed E-state index contributed by atoms with van der Waals surface area (Å²) in [5.41, 5.74) is 7.02. The van der Waals surface area contributed by atoms with Gasteiger partial charge in [-0.3, -0.25) is 0 Å². The average molecular weight is 210 g/mol. The van der Waals surface area contributed by atoms with Crippen molar-refractivity contribution in [2.75, 3.05) is 23.8 Å². The number of aliphatic hydroxyl groups excluding tert-OH is 1. The fraction of sp³-hybridized carbons (Fsp3) is 0.455. The van der Waals surface area contributed by atoms with Crippen molar-refractivity contribution in [2.24, 2.45) is 0 Å². The van der Waals surface area contributed by atoms with E-state index in [2.05, 4.69) is 4.90 Å². The van der Waals surface area contributed by atoms with Crippen LogP contribution in [0.3, 0.4) is 0 Å². The van der Waals surface area contributed by atoms with Crippen LogP contribution in [0.4, 0.5) is 15.8 Å². The molecule has 1 aromatic rings. The molecule has 1 saturated carbocycles. The topological polar surface area (TPSA) is 49.5 Å². The Bertz CT molecular complexity index is 352. The molecule has 0 aromatic heterocycles. The Morgan fingerprint density at radius 1 is 1.47 bits per heavy atom. The first-order valence-electron chi connectivity index (χ1n) is 5.15. The van der Waals surface area contributed by atoms with Gasteiger partial charge in [-0.15, -0.1) is 0 Å². The van der Waals surface area contributed by atoms with Gasteiger partial charge in [0, 0.05) is 12.6 Å². The van der Waals surface area contributed by atoms with Crippen LogP contribution in [0.5, 0.6) is 0 Å². The number of aliphatic hydroxyl groups is 1. The largest absolute Gasteiger partial charge is 0.397 e. The molecule has 0 heterocycles. The van der Waals surface area contributed by atoms with Crippen molar-refractivity contribution < 1.29 is 9.50 Å². The van der Waals surface area contributed by atoms with E-state index in [-0.39, 0.29) is 12.4 Å². The summed E-state index contributed by atoms with van der Waals surface area (Å²) in [6.07, 6.45) is 2.24. The Hall–Kier alpha value is -1.29. The molecule has 3 N–H and O–H groups in total. The number of hydrogen-bond acceptors (Lipinski definition) is 3. The number of hydrogen-bond donors (Lipinski definition) is 2. The molecule has 0 atom stereocenters. The van der Waals surface area contributed by atoms with Crippen molar-refractivity contribution >= 4 is 11.4 Å². The predicted octanol–water partition coefficient (Wildman–Crippen LogP) is 1.37. The second kappa shape index (κ2) is 4.06. The van der Waals surface area contributed by atoms with E-state index >= 15 is 0 Å². The van der Waals surface area contributed by atoms with Gasteiger partial charge in [-0.2, -0.15) is 0 Å². The summed E-state index contributed by atoms with van der Waals surface area (Å²) in [6.45, 7) is 0.647. The van der Waals surface area contributed by atoms with Crippen molar-refractivity contribution in [1.82, 2.24) is 0 Å². The van der Waals surface area contributed by atoms with Crippen LogP contribution in [0.2, 0.25) is 0 Å². The van der Waals surface area contributed by atoms with Gasteiger partial charge in [-0.05, 0) is 31.0 Å². The number of rotatable bonds is 4. The molecule has 0 amide bonds. The Morgan fingerprint density at radius 3 is 2.73 bits per heavy atom. The molecule has 0 radical (unpaired) electrons. The molecule has 4 heteroatoms. The Labute approximate surface area is 88.3 Å². The number of nitrogens with two attached hydrogens (primary N) is 1. The van der Waals surface area contributed by atoms with E-state index < -0.39 is 0 Å². The Morgan fingerprint density at radius 2 is 2.20 bits per heavy atom. The second-order valence-corrected chi connectivity index (χ2v) is 3.85. The van der Waals surface area contributed by atoms with Crippen molar-refractivity contribution in [3.05, 3.63) is 24.0 Å². The van der Waals surface area contributed by atoms with E-state index in [1.54, 1.807) is 6.07 Å². The third-order valence-electron chi connectivity index (χ3n) is 2.63. The summed E-state index contributed by atoms with van der Waals surface area (Å²) in [5, 5.41) is 8.96. The lowest BCUT2D eigenvalue weighted by Gasteiger charge is -2.25. The number of nitrogens with zero attached hydrogens (tertiary/aromatic N) is 1. The van der Waals surface area contributed by atoms with E-state index in [0.29, 0.717) is 18.3 Å². The van der Waals surface area contributed by atoms with E-state index in [0.717, 1.165) is 18.5 Å². The molecule has 1 aliphatic carbocycles. The van der Waals surface area contributed by atoms with Gasteiger partial charge in [-0.1, -0.05) is 0 Å². The van der Waals surface area contributed by atoms with Crippen LogP contribution in [0.25, 0.3) is 0 Å². The molecule has 0 aliphatic heterocycles. The monoisotopic (exact) mass is 210 g/mol. The molecule has 1 aliphatic rings. The van der Waals surface area contributed by atoms with Gasteiger partial charge in [0.2, 0.25) is 0 Å². The van der Waals surface area contributed by atoms with Crippen LogP contribution in [-0.4, -0.2) is 24.3 Å². The molecule has 82 valence electrons. The predicted molar refractivity (Wildman–Crippen MR) is 58.3 cm³/mol. The molecule has 15 heavy (non-hydrogen) atoms. The summed E-state index contributed by atoms with van der Waals surface area (Å²) in [7, 11) is 0. The summed E-state index contributed by atoms with van der Waals surface area (Å²) >= 11 is 0. The highest BCUT2D eigenvalue weighted by Gasteiger charge is 2.29. The highest BCUT2D eigenvalue weighted by molar-refractivity contribution is 5.68. The van der Waals surface area contributed by atoms with Crippen LogP contribution in [0.15, 0.2) is 18.2 Å². The number of nitrogen functional groups attached to an aromatic ring is 1. The van der Waals surface area contributed by atoms with Gasteiger partial charge in [0.15, 0.2) is 0 Å². The smallest absolute Gasteiger partial charge is 0.125 e. The van der Waals surface area contributed by atoms with Crippen LogP contribution in [0, 0.1) is 5.82 Å². The van der Waals surface area contributed by atoms with Gasteiger partial charge in [0.1, 0.15) is 5.82 Å². The second-order valence-electron chi connectivity index (χ2n) is 3.85. The minimum atomic E-state index is -0.323. The lowest BCUT2D eigenvalue weighted by molar-refractivity contribution is 0.301. The first kappa shape index (κ1) is 10.2. The fourth-order valence-electron chi connectivity index (χ4n) is 1.78. The van der Waals surface area contributed by atoms with Crippen molar-refractivity contribution in [3.8, 4) is 0 Å². The van der Waals surface area contributed by atoms with Crippen molar-refractivity contribution in [3.63, 3.8) is 0 Å². The number of benzene rings is 1. The third-order valence-corrected chi connectivity index (χ3v) is 2.63. The standard InChI is InChI=1S/C11H15FN2O/c12-8-1-4-11(10(13)7-8)14(5-6-15)9-2-3-9/h1,4,7,9,15H,2-3,5-6,13H2. The maximum absolute atomic E-state index is 12.9. The maximum atomic E-state index is 12.9. The van der Waals surface area contributed by atoms with E-state index in [4.69, 9.17) is 10.8 Å². The quantitative estimate of drug-likeness (QED) is 0.738. The zero-order valence-electron chi connectivity index (χ0n) is 8.49. The summed E-state index contributed by atoms with van der Waals surface area (Å²) in [4.78, 5) is 2.05.